The molecule has 0 aliphatic carbocycles. The van der Waals surface area contributed by atoms with Crippen molar-refractivity contribution in [3.05, 3.63) is 0 Å². The van der Waals surface area contributed by atoms with Crippen LogP contribution in [0.3, 0.4) is 0 Å². The van der Waals surface area contributed by atoms with Crippen LogP contribution < -0.4 is 0 Å². The van der Waals surface area contributed by atoms with E-state index in [4.69, 9.17) is 0 Å². The van der Waals surface area contributed by atoms with Gasteiger partial charge in [-0.05, 0) is 0 Å². The normalized spacial score (nSPS) is 0. The fourth-order valence-electron chi connectivity index (χ4n) is 0. The van der Waals surface area contributed by atoms with Crippen LogP contribution in [0.1, 0.15) is 0 Å². The van der Waals surface area contributed by atoms with Crippen molar-refractivity contribution in [3.63, 3.8) is 0 Å². The molecule has 0 fully saturated rings. The molecule has 4 heteroatoms. The first kappa shape index (κ1) is 32.1. The Bertz CT molecular complexity index is 8.00. The standard InChI is InChI=1S/Al.Au.Ga.H2Se.6H/h;;;1H2;;;;;;. The number of rotatable bonds is 0. The van der Waals surface area contributed by atoms with Crippen molar-refractivity contribution in [2.24, 2.45) is 0 Å². The van der Waals surface area contributed by atoms with Gasteiger partial charge in [-0.25, -0.2) is 0 Å². The Kier molecular flexibility index (Phi) is 145. The maximum absolute atomic E-state index is 0. The second-order valence-corrected chi connectivity index (χ2v) is 0. The molecular formula is H8AlAuGaSe. The van der Waals surface area contributed by atoms with Crippen LogP contribution in [-0.2, 0) is 22.4 Å². The zero-order valence-electron chi connectivity index (χ0n) is 0.802. The second kappa shape index (κ2) is 18.1. The molecule has 1 radical (unpaired) electrons. The zero-order valence-corrected chi connectivity index (χ0v) is 5.07. The Morgan fingerprint density at radius 1 is 1.00 bits per heavy atom. The van der Waals surface area contributed by atoms with Crippen molar-refractivity contribution < 1.29 is 22.4 Å². The molecule has 0 aromatic heterocycles. The Hall–Kier alpha value is 2.43. The third-order valence-corrected chi connectivity index (χ3v) is 0. The first-order valence-electron chi connectivity index (χ1n) is 0. The second-order valence-electron chi connectivity index (χ2n) is 0. The predicted molar refractivity (Wildman–Crippen MR) is 28.4 cm³/mol. The van der Waals surface area contributed by atoms with E-state index in [2.05, 4.69) is 0 Å². The number of hydrogen-bond acceptors (Lipinski definition) is 0. The molecular weight excluding hydrogens is 373 g/mol. The molecule has 0 saturated carbocycles. The van der Waals surface area contributed by atoms with Gasteiger partial charge < -0.3 is 0 Å². The summed E-state index contributed by atoms with van der Waals surface area (Å²) in [5, 5.41) is 0. The van der Waals surface area contributed by atoms with Gasteiger partial charge in [0, 0.05) is 22.4 Å². The van der Waals surface area contributed by atoms with Crippen LogP contribution in [0.4, 0.5) is 0 Å². The molecule has 0 N–H and O–H groups in total. The molecule has 0 aliphatic heterocycles. The van der Waals surface area contributed by atoms with Gasteiger partial charge >= 0.3 is 36.9 Å². The quantitative estimate of drug-likeness (QED) is 0.387. The molecule has 0 nitrogen and oxygen atoms in total. The van der Waals surface area contributed by atoms with E-state index >= 15 is 0 Å². The van der Waals surface area contributed by atoms with Gasteiger partial charge in [-0.2, -0.15) is 0 Å². The maximum atomic E-state index is 0. The molecule has 0 heterocycles. The Morgan fingerprint density at radius 2 is 1.00 bits per heavy atom. The van der Waals surface area contributed by atoms with Crippen molar-refractivity contribution >= 4 is 54.2 Å². The third kappa shape index (κ3) is 8.83. The molecule has 0 spiro atoms. The van der Waals surface area contributed by atoms with Gasteiger partial charge in [0.2, 0.25) is 0 Å². The van der Waals surface area contributed by atoms with Crippen molar-refractivity contribution in [1.82, 2.24) is 0 Å². The molecule has 0 aromatic carbocycles. The third-order valence-electron chi connectivity index (χ3n) is 0. The van der Waals surface area contributed by atoms with Crippen LogP contribution in [0.25, 0.3) is 0 Å². The minimum atomic E-state index is 0. The van der Waals surface area contributed by atoms with Gasteiger partial charge in [0.05, 0.1) is 0 Å². The Labute approximate surface area is 75.7 Å². The number of hydrogen-bond donors (Lipinski definition) is 0. The summed E-state index contributed by atoms with van der Waals surface area (Å²) in [6, 6.07) is 0. The van der Waals surface area contributed by atoms with Gasteiger partial charge in [-0.15, -0.1) is 0 Å². The molecule has 0 amide bonds. The summed E-state index contributed by atoms with van der Waals surface area (Å²) in [5.74, 6) is 0. The van der Waals surface area contributed by atoms with E-state index in [-0.39, 0.29) is 76.6 Å². The van der Waals surface area contributed by atoms with Gasteiger partial charge in [0.1, 0.15) is 0 Å². The summed E-state index contributed by atoms with van der Waals surface area (Å²) in [5.41, 5.74) is 0. The van der Waals surface area contributed by atoms with Gasteiger partial charge in [0.25, 0.3) is 0 Å². The van der Waals surface area contributed by atoms with Crippen molar-refractivity contribution in [1.29, 1.82) is 0 Å². The fraction of sp³-hybridized carbons (Fsp3) is 0. The van der Waals surface area contributed by atoms with E-state index in [0.29, 0.717) is 0 Å². The average Bonchev–Trinajstić information content (AvgIpc) is 0. The van der Waals surface area contributed by atoms with Crippen LogP contribution in [0, 0.1) is 0 Å². The molecule has 0 saturated heterocycles. The summed E-state index contributed by atoms with van der Waals surface area (Å²) < 4.78 is 0. The van der Waals surface area contributed by atoms with Crippen LogP contribution in [0.5, 0.6) is 0 Å². The van der Waals surface area contributed by atoms with Crippen LogP contribution in [0.2, 0.25) is 0 Å². The minimum absolute atomic E-state index is 0. The molecule has 0 unspecified atom stereocenters. The van der Waals surface area contributed by atoms with Crippen LogP contribution >= 0.6 is 0 Å². The van der Waals surface area contributed by atoms with E-state index in [1.165, 1.54) is 0 Å². The summed E-state index contributed by atoms with van der Waals surface area (Å²) in [6.07, 6.45) is 0. The summed E-state index contributed by atoms with van der Waals surface area (Å²) in [6.45, 7) is 0. The van der Waals surface area contributed by atoms with E-state index in [1.807, 2.05) is 0 Å². The monoisotopic (exact) mass is 381 g/mol. The molecule has 0 aliphatic rings. The Balaban J connectivity index is 0. The molecule has 0 aromatic rings. The molecule has 0 atom stereocenters. The van der Waals surface area contributed by atoms with Crippen molar-refractivity contribution in [2.45, 2.75) is 0 Å². The van der Waals surface area contributed by atoms with E-state index < -0.39 is 0 Å². The summed E-state index contributed by atoms with van der Waals surface area (Å²) >= 11 is 0. The van der Waals surface area contributed by atoms with Crippen molar-refractivity contribution in [3.8, 4) is 0 Å². The molecule has 4 heavy (non-hydrogen) atoms. The molecule has 31 valence electrons. The fourth-order valence-corrected chi connectivity index (χ4v) is 0. The van der Waals surface area contributed by atoms with Crippen LogP contribution in [-0.4, -0.2) is 54.2 Å². The van der Waals surface area contributed by atoms with E-state index in [1.54, 1.807) is 0 Å². The SMILES string of the molecule is [AlH3].[Au].[GaH3].[SeH2]. The zero-order chi connectivity index (χ0) is 0. The van der Waals surface area contributed by atoms with Gasteiger partial charge in [-0.1, -0.05) is 0 Å². The van der Waals surface area contributed by atoms with Gasteiger partial charge in [0.15, 0.2) is 17.4 Å². The first-order chi connectivity index (χ1) is 0. The van der Waals surface area contributed by atoms with Crippen molar-refractivity contribution in [2.75, 3.05) is 0 Å². The summed E-state index contributed by atoms with van der Waals surface area (Å²) in [4.78, 5) is 0. The Morgan fingerprint density at radius 3 is 1.00 bits per heavy atom. The van der Waals surface area contributed by atoms with Crippen LogP contribution in [0.15, 0.2) is 0 Å². The predicted octanol–water partition coefficient (Wildman–Crippen LogP) is -3.29. The summed E-state index contributed by atoms with van der Waals surface area (Å²) in [7, 11) is 0. The topological polar surface area (TPSA) is 0 Å². The first-order valence-corrected chi connectivity index (χ1v) is 0. The van der Waals surface area contributed by atoms with Gasteiger partial charge in [-0.3, -0.25) is 0 Å². The van der Waals surface area contributed by atoms with E-state index in [9.17, 15) is 0 Å². The average molecular weight is 381 g/mol. The molecule has 0 bridgehead atoms. The van der Waals surface area contributed by atoms with E-state index in [0.717, 1.165) is 0 Å². The molecule has 0 rings (SSSR count).